The second-order valence-corrected chi connectivity index (χ2v) is 12.1. The first-order chi connectivity index (χ1) is 21.3. The number of carboxylic acids is 1. The highest BCUT2D eigenvalue weighted by Gasteiger charge is 2.46. The maximum Gasteiger partial charge on any atom is 0.408 e. The van der Waals surface area contributed by atoms with Crippen molar-refractivity contribution in [2.45, 2.75) is 95.0 Å². The van der Waals surface area contributed by atoms with E-state index in [0.29, 0.717) is 10.9 Å². The summed E-state index contributed by atoms with van der Waals surface area (Å²) in [5, 5.41) is 13.4. The zero-order valence-corrected chi connectivity index (χ0v) is 25.1. The molecule has 2 N–H and O–H groups in total. The van der Waals surface area contributed by atoms with Crippen LogP contribution in [0.2, 0.25) is 0 Å². The van der Waals surface area contributed by atoms with E-state index in [4.69, 9.17) is 9.47 Å². The summed E-state index contributed by atoms with van der Waals surface area (Å²) in [5.41, 5.74) is 0.149. The van der Waals surface area contributed by atoms with Crippen LogP contribution < -0.4 is 15.6 Å². The molecule has 0 bridgehead atoms. The molecule has 2 saturated carbocycles. The van der Waals surface area contributed by atoms with Gasteiger partial charge in [0.25, 0.3) is 11.6 Å². The van der Waals surface area contributed by atoms with Gasteiger partial charge in [0.15, 0.2) is 0 Å². The Bertz CT molecular complexity index is 1450. The molecule has 2 heterocycles. The van der Waals surface area contributed by atoms with Gasteiger partial charge in [-0.3, -0.25) is 14.2 Å². The van der Waals surface area contributed by atoms with E-state index >= 15 is 0 Å². The molecule has 1 aromatic heterocycles. The number of alkyl carbamates (subject to hydrolysis) is 1. The molecule has 3 fully saturated rings. The summed E-state index contributed by atoms with van der Waals surface area (Å²) in [5.74, 6) is -1.49. The number of allylic oxidation sites excluding steroid dienone is 2. The molecule has 2 aliphatic carbocycles. The number of likely N-dealkylation sites (tertiary alicyclic amines) is 1. The van der Waals surface area contributed by atoms with E-state index in [1.807, 2.05) is 6.08 Å². The van der Waals surface area contributed by atoms with E-state index in [1.54, 1.807) is 30.3 Å². The monoisotopic (exact) mass is 606 g/mol. The number of carboxylic acid groups (broad SMARTS) is 1. The van der Waals surface area contributed by atoms with Crippen LogP contribution >= 0.6 is 0 Å². The third-order valence-corrected chi connectivity index (χ3v) is 9.24. The number of benzene rings is 1. The molecule has 11 nitrogen and oxygen atoms in total. The quantitative estimate of drug-likeness (QED) is 0.338. The van der Waals surface area contributed by atoms with Gasteiger partial charge in [-0.05, 0) is 68.9 Å². The Morgan fingerprint density at radius 3 is 2.59 bits per heavy atom. The molecule has 0 unspecified atom stereocenters. The van der Waals surface area contributed by atoms with Crippen molar-refractivity contribution < 1.29 is 29.0 Å². The SMILES string of the molecule is C=CCC[C@@H]1CCC[C@H]1OC(=O)N[C@H](C(=O)N1C[C@H](Oc2nc3ccccc3c(=O)n2CC=C)C[C@H]1C(=O)O)C1CCCC1. The number of nitrogens with zero attached hydrogens (tertiary/aromatic N) is 3. The van der Waals surface area contributed by atoms with Crippen molar-refractivity contribution in [2.75, 3.05) is 6.54 Å². The van der Waals surface area contributed by atoms with Crippen LogP contribution in [0.4, 0.5) is 4.79 Å². The molecule has 2 aromatic rings. The molecule has 0 radical (unpaired) electrons. The summed E-state index contributed by atoms with van der Waals surface area (Å²) in [4.78, 5) is 58.6. The first-order valence-electron chi connectivity index (χ1n) is 15.7. The number of rotatable bonds is 12. The second kappa shape index (κ2) is 14.1. The number of aromatic nitrogens is 2. The van der Waals surface area contributed by atoms with Crippen LogP contribution in [0, 0.1) is 11.8 Å². The molecule has 236 valence electrons. The molecule has 0 spiro atoms. The zero-order valence-electron chi connectivity index (χ0n) is 25.1. The molecule has 2 amide bonds. The number of nitrogens with one attached hydrogen (secondary N) is 1. The van der Waals surface area contributed by atoms with Crippen molar-refractivity contribution in [3.8, 4) is 6.01 Å². The van der Waals surface area contributed by atoms with Crippen LogP contribution in [-0.4, -0.2) is 68.4 Å². The number of carbonyl (C=O) groups excluding carboxylic acids is 2. The zero-order chi connectivity index (χ0) is 31.2. The Hall–Kier alpha value is -4.15. The van der Waals surface area contributed by atoms with Crippen molar-refractivity contribution >= 4 is 28.9 Å². The highest BCUT2D eigenvalue weighted by Crippen LogP contribution is 2.34. The van der Waals surface area contributed by atoms with Crippen molar-refractivity contribution in [2.24, 2.45) is 11.8 Å². The Morgan fingerprint density at radius 2 is 1.86 bits per heavy atom. The first kappa shape index (κ1) is 31.3. The maximum atomic E-state index is 14.1. The van der Waals surface area contributed by atoms with Gasteiger partial charge < -0.3 is 24.8 Å². The number of carbonyl (C=O) groups is 3. The molecule has 1 saturated heterocycles. The van der Waals surface area contributed by atoms with Crippen LogP contribution in [0.1, 0.15) is 64.2 Å². The number of para-hydroxylation sites is 1. The number of amides is 2. The van der Waals surface area contributed by atoms with E-state index in [2.05, 4.69) is 23.5 Å². The molecule has 44 heavy (non-hydrogen) atoms. The lowest BCUT2D eigenvalue weighted by atomic mass is 9.96. The minimum absolute atomic E-state index is 0.00670. The Labute approximate surface area is 256 Å². The third-order valence-electron chi connectivity index (χ3n) is 9.24. The number of aliphatic carboxylic acids is 1. The highest BCUT2D eigenvalue weighted by molar-refractivity contribution is 5.90. The van der Waals surface area contributed by atoms with E-state index in [9.17, 15) is 24.3 Å². The normalized spacial score (nSPS) is 24.2. The lowest BCUT2D eigenvalue weighted by molar-refractivity contribution is -0.149. The fraction of sp³-hybridized carbons (Fsp3) is 0.545. The van der Waals surface area contributed by atoms with Crippen LogP contribution in [0.3, 0.4) is 0 Å². The standard InChI is InChI=1S/C33H42N4O7/c1-3-5-11-21-14-10-17-27(21)44-33(42)35-28(22-12-6-7-13-22)30(39)37-20-23(19-26(37)31(40)41)43-32-34-25-16-9-8-15-24(25)29(38)36(32)18-4-2/h3-4,8-9,15-16,21-23,26-28H,1-2,5-7,10-14,17-20H2,(H,35,42)(H,40,41)/t21-,23-,26+,27-,28+/m1/s1. The molecular formula is C33H42N4O7. The van der Waals surface area contributed by atoms with Gasteiger partial charge in [0, 0.05) is 13.0 Å². The van der Waals surface area contributed by atoms with Gasteiger partial charge in [0.1, 0.15) is 24.3 Å². The number of ether oxygens (including phenoxy) is 2. The number of hydrogen-bond acceptors (Lipinski definition) is 7. The van der Waals surface area contributed by atoms with Crippen LogP contribution in [-0.2, 0) is 20.9 Å². The summed E-state index contributed by atoms with van der Waals surface area (Å²) in [6.45, 7) is 7.64. The van der Waals surface area contributed by atoms with Crippen LogP contribution in [0.15, 0.2) is 54.4 Å². The molecule has 11 heteroatoms. The predicted octanol–water partition coefficient (Wildman–Crippen LogP) is 4.44. The fourth-order valence-electron chi connectivity index (χ4n) is 7.01. The Morgan fingerprint density at radius 1 is 1.09 bits per heavy atom. The van der Waals surface area contributed by atoms with Gasteiger partial charge >= 0.3 is 12.1 Å². The fourth-order valence-corrected chi connectivity index (χ4v) is 7.01. The topological polar surface area (TPSA) is 140 Å². The van der Waals surface area contributed by atoms with E-state index in [-0.39, 0.29) is 49.0 Å². The summed E-state index contributed by atoms with van der Waals surface area (Å²) in [6, 6.07) is 4.87. The van der Waals surface area contributed by atoms with Gasteiger partial charge in [0.05, 0.1) is 17.4 Å². The van der Waals surface area contributed by atoms with E-state index in [1.165, 1.54) is 9.47 Å². The largest absolute Gasteiger partial charge is 0.480 e. The van der Waals surface area contributed by atoms with E-state index < -0.39 is 36.2 Å². The number of fused-ring (bicyclic) bond motifs is 1. The lowest BCUT2D eigenvalue weighted by Crippen LogP contribution is -2.55. The molecule has 3 aliphatic rings. The summed E-state index contributed by atoms with van der Waals surface area (Å²) >= 11 is 0. The first-order valence-corrected chi connectivity index (χ1v) is 15.7. The van der Waals surface area contributed by atoms with Crippen molar-refractivity contribution in [1.29, 1.82) is 0 Å². The van der Waals surface area contributed by atoms with Crippen LogP contribution in [0.25, 0.3) is 10.9 Å². The lowest BCUT2D eigenvalue weighted by Gasteiger charge is -2.31. The highest BCUT2D eigenvalue weighted by atomic mass is 16.6. The predicted molar refractivity (Wildman–Crippen MR) is 164 cm³/mol. The van der Waals surface area contributed by atoms with Gasteiger partial charge in [-0.1, -0.05) is 37.1 Å². The molecule has 5 rings (SSSR count). The summed E-state index contributed by atoms with van der Waals surface area (Å²) in [7, 11) is 0. The van der Waals surface area contributed by atoms with Gasteiger partial charge in [0.2, 0.25) is 5.91 Å². The number of hydrogen-bond donors (Lipinski definition) is 2. The van der Waals surface area contributed by atoms with Crippen molar-refractivity contribution in [1.82, 2.24) is 19.8 Å². The molecular weight excluding hydrogens is 564 g/mol. The van der Waals surface area contributed by atoms with Crippen molar-refractivity contribution in [3.05, 3.63) is 59.9 Å². The van der Waals surface area contributed by atoms with Gasteiger partial charge in [-0.2, -0.15) is 4.98 Å². The summed E-state index contributed by atoms with van der Waals surface area (Å²) in [6.07, 6.45) is 9.70. The molecule has 1 aromatic carbocycles. The van der Waals surface area contributed by atoms with Crippen LogP contribution in [0.5, 0.6) is 6.01 Å². The van der Waals surface area contributed by atoms with E-state index in [0.717, 1.165) is 57.8 Å². The maximum absolute atomic E-state index is 14.1. The molecule has 5 atom stereocenters. The second-order valence-electron chi connectivity index (χ2n) is 12.1. The minimum atomic E-state index is -1.16. The van der Waals surface area contributed by atoms with Crippen molar-refractivity contribution in [3.63, 3.8) is 0 Å². The van der Waals surface area contributed by atoms with Gasteiger partial charge in [-0.15, -0.1) is 13.2 Å². The summed E-state index contributed by atoms with van der Waals surface area (Å²) < 4.78 is 13.3. The van der Waals surface area contributed by atoms with Gasteiger partial charge in [-0.25, -0.2) is 9.59 Å². The third kappa shape index (κ3) is 6.81. The smallest absolute Gasteiger partial charge is 0.408 e. The average Bonchev–Trinajstić information content (AvgIpc) is 3.78. The molecule has 1 aliphatic heterocycles. The average molecular weight is 607 g/mol. The minimum Gasteiger partial charge on any atom is -0.480 e. The Balaban J connectivity index is 1.34. The Kier molecular flexibility index (Phi) is 10.0.